The van der Waals surface area contributed by atoms with Crippen molar-refractivity contribution in [2.45, 2.75) is 38.5 Å². The highest BCUT2D eigenvalue weighted by Crippen LogP contribution is 2.27. The first kappa shape index (κ1) is 19.2. The number of thioether (sulfide) groups is 1. The normalized spacial score (nSPS) is 11.0. The summed E-state index contributed by atoms with van der Waals surface area (Å²) in [7, 11) is 0. The van der Waals surface area contributed by atoms with Crippen LogP contribution in [0.4, 0.5) is 0 Å². The Labute approximate surface area is 165 Å². The van der Waals surface area contributed by atoms with Gasteiger partial charge in [0.05, 0.1) is 24.2 Å². The van der Waals surface area contributed by atoms with Crippen LogP contribution in [0.1, 0.15) is 25.0 Å². The van der Waals surface area contributed by atoms with Crippen LogP contribution in [0.3, 0.4) is 0 Å². The molecule has 1 amide bonds. The van der Waals surface area contributed by atoms with Crippen molar-refractivity contribution in [1.82, 2.24) is 14.9 Å². The fourth-order valence-electron chi connectivity index (χ4n) is 2.84. The Morgan fingerprint density at radius 2 is 1.81 bits per heavy atom. The second kappa shape index (κ2) is 8.91. The molecule has 0 saturated heterocycles. The summed E-state index contributed by atoms with van der Waals surface area (Å²) in [6, 6.07) is 18.9. The number of carbonyl (C=O) groups is 1. The minimum atomic E-state index is 0.0288. The number of rotatable bonds is 7. The largest absolute Gasteiger partial charge is 0.353 e. The molecular formula is C22H25N3OS. The molecule has 0 aliphatic carbocycles. The molecule has 0 aliphatic heterocycles. The van der Waals surface area contributed by atoms with Gasteiger partial charge in [0.2, 0.25) is 5.91 Å². The third-order valence-electron chi connectivity index (χ3n) is 4.13. The molecule has 0 bridgehead atoms. The molecule has 140 valence electrons. The molecule has 0 unspecified atom stereocenters. The third-order valence-corrected chi connectivity index (χ3v) is 5.12. The summed E-state index contributed by atoms with van der Waals surface area (Å²) in [6.07, 6.45) is 1.90. The Bertz CT molecular complexity index is 886. The second-order valence-electron chi connectivity index (χ2n) is 6.87. The van der Waals surface area contributed by atoms with Gasteiger partial charge in [-0.2, -0.15) is 0 Å². The van der Waals surface area contributed by atoms with Gasteiger partial charge in [-0.05, 0) is 31.9 Å². The van der Waals surface area contributed by atoms with E-state index in [0.29, 0.717) is 5.75 Å². The van der Waals surface area contributed by atoms with Gasteiger partial charge in [-0.3, -0.25) is 4.79 Å². The lowest BCUT2D eigenvalue weighted by molar-refractivity contribution is -0.119. The maximum atomic E-state index is 12.0. The SMILES string of the molecule is Cc1ccc(-c2cnc(SCC(=O)NC(C)C)n2Cc2ccccc2)cc1. The highest BCUT2D eigenvalue weighted by Gasteiger charge is 2.14. The van der Waals surface area contributed by atoms with E-state index < -0.39 is 0 Å². The van der Waals surface area contributed by atoms with Crippen LogP contribution in [0.25, 0.3) is 11.3 Å². The van der Waals surface area contributed by atoms with E-state index in [0.717, 1.165) is 23.0 Å². The van der Waals surface area contributed by atoms with Crippen LogP contribution < -0.4 is 5.32 Å². The quantitative estimate of drug-likeness (QED) is 0.614. The van der Waals surface area contributed by atoms with Crippen molar-refractivity contribution >= 4 is 17.7 Å². The summed E-state index contributed by atoms with van der Waals surface area (Å²) in [4.78, 5) is 16.6. The topological polar surface area (TPSA) is 46.9 Å². The van der Waals surface area contributed by atoms with E-state index in [-0.39, 0.29) is 11.9 Å². The number of aryl methyl sites for hydroxylation is 1. The second-order valence-corrected chi connectivity index (χ2v) is 7.82. The Morgan fingerprint density at radius 3 is 2.48 bits per heavy atom. The number of nitrogens with zero attached hydrogens (tertiary/aromatic N) is 2. The Kier molecular flexibility index (Phi) is 6.35. The Morgan fingerprint density at radius 1 is 1.11 bits per heavy atom. The highest BCUT2D eigenvalue weighted by molar-refractivity contribution is 7.99. The molecule has 0 saturated carbocycles. The van der Waals surface area contributed by atoms with E-state index in [1.54, 1.807) is 0 Å². The van der Waals surface area contributed by atoms with Crippen LogP contribution in [0.15, 0.2) is 66.0 Å². The molecule has 1 N–H and O–H groups in total. The van der Waals surface area contributed by atoms with E-state index in [4.69, 9.17) is 0 Å². The van der Waals surface area contributed by atoms with E-state index in [1.807, 2.05) is 38.2 Å². The molecule has 0 spiro atoms. The summed E-state index contributed by atoms with van der Waals surface area (Å²) in [5.41, 5.74) is 4.62. The number of hydrogen-bond donors (Lipinski definition) is 1. The molecule has 0 atom stereocenters. The van der Waals surface area contributed by atoms with Gasteiger partial charge in [0.15, 0.2) is 5.16 Å². The van der Waals surface area contributed by atoms with Crippen molar-refractivity contribution in [3.05, 3.63) is 71.9 Å². The molecule has 2 aromatic carbocycles. The van der Waals surface area contributed by atoms with Crippen LogP contribution in [0.5, 0.6) is 0 Å². The fourth-order valence-corrected chi connectivity index (χ4v) is 3.63. The monoisotopic (exact) mass is 379 g/mol. The molecule has 1 heterocycles. The maximum absolute atomic E-state index is 12.0. The predicted octanol–water partition coefficient (Wildman–Crippen LogP) is 4.52. The Balaban J connectivity index is 1.88. The minimum absolute atomic E-state index is 0.0288. The number of amides is 1. The Hall–Kier alpha value is -2.53. The number of imidazole rings is 1. The van der Waals surface area contributed by atoms with E-state index >= 15 is 0 Å². The molecule has 1 aromatic heterocycles. The van der Waals surface area contributed by atoms with Crippen molar-refractivity contribution in [1.29, 1.82) is 0 Å². The zero-order chi connectivity index (χ0) is 19.2. The van der Waals surface area contributed by atoms with Gasteiger partial charge in [-0.1, -0.05) is 71.9 Å². The van der Waals surface area contributed by atoms with E-state index in [2.05, 4.69) is 58.2 Å². The molecule has 3 aromatic rings. The zero-order valence-corrected chi connectivity index (χ0v) is 16.8. The smallest absolute Gasteiger partial charge is 0.230 e. The van der Waals surface area contributed by atoms with Crippen molar-refractivity contribution in [3.8, 4) is 11.3 Å². The summed E-state index contributed by atoms with van der Waals surface area (Å²) >= 11 is 1.47. The maximum Gasteiger partial charge on any atom is 0.230 e. The molecule has 5 heteroatoms. The van der Waals surface area contributed by atoms with Gasteiger partial charge >= 0.3 is 0 Å². The number of hydrogen-bond acceptors (Lipinski definition) is 3. The van der Waals surface area contributed by atoms with Crippen LogP contribution in [0.2, 0.25) is 0 Å². The average molecular weight is 380 g/mol. The molecule has 0 aliphatic rings. The number of nitrogens with one attached hydrogen (secondary N) is 1. The minimum Gasteiger partial charge on any atom is -0.353 e. The first-order valence-corrected chi connectivity index (χ1v) is 10.1. The molecule has 0 radical (unpaired) electrons. The predicted molar refractivity (Wildman–Crippen MR) is 112 cm³/mol. The number of aromatic nitrogens is 2. The number of benzene rings is 2. The molecule has 3 rings (SSSR count). The first-order chi connectivity index (χ1) is 13.0. The molecule has 4 nitrogen and oxygen atoms in total. The van der Waals surface area contributed by atoms with Gasteiger partial charge in [-0.15, -0.1) is 0 Å². The van der Waals surface area contributed by atoms with E-state index in [1.165, 1.54) is 22.9 Å². The van der Waals surface area contributed by atoms with Crippen molar-refractivity contribution in [3.63, 3.8) is 0 Å². The van der Waals surface area contributed by atoms with E-state index in [9.17, 15) is 4.79 Å². The standard InChI is InChI=1S/C22H25N3OS/c1-16(2)24-21(26)15-27-22-23-13-20(19-11-9-17(3)10-12-19)25(22)14-18-7-5-4-6-8-18/h4-13,16H,14-15H2,1-3H3,(H,24,26). The van der Waals surface area contributed by atoms with Crippen molar-refractivity contribution in [2.24, 2.45) is 0 Å². The van der Waals surface area contributed by atoms with Crippen LogP contribution in [0, 0.1) is 6.92 Å². The van der Waals surface area contributed by atoms with Gasteiger partial charge in [0, 0.05) is 6.04 Å². The lowest BCUT2D eigenvalue weighted by atomic mass is 10.1. The zero-order valence-electron chi connectivity index (χ0n) is 16.0. The summed E-state index contributed by atoms with van der Waals surface area (Å²) in [6.45, 7) is 6.74. The van der Waals surface area contributed by atoms with Gasteiger partial charge in [-0.25, -0.2) is 4.98 Å². The van der Waals surface area contributed by atoms with Crippen molar-refractivity contribution in [2.75, 3.05) is 5.75 Å². The summed E-state index contributed by atoms with van der Waals surface area (Å²) < 4.78 is 2.19. The van der Waals surface area contributed by atoms with Crippen molar-refractivity contribution < 1.29 is 4.79 Å². The lowest BCUT2D eigenvalue weighted by Gasteiger charge is -2.13. The summed E-state index contributed by atoms with van der Waals surface area (Å²) in [5, 5.41) is 3.79. The molecular weight excluding hydrogens is 354 g/mol. The summed E-state index contributed by atoms with van der Waals surface area (Å²) in [5.74, 6) is 0.387. The lowest BCUT2D eigenvalue weighted by Crippen LogP contribution is -2.31. The first-order valence-electron chi connectivity index (χ1n) is 9.11. The highest BCUT2D eigenvalue weighted by atomic mass is 32.2. The van der Waals surface area contributed by atoms with Crippen LogP contribution in [-0.4, -0.2) is 27.3 Å². The van der Waals surface area contributed by atoms with Crippen LogP contribution in [-0.2, 0) is 11.3 Å². The molecule has 0 fully saturated rings. The number of carbonyl (C=O) groups excluding carboxylic acids is 1. The van der Waals surface area contributed by atoms with Gasteiger partial charge in [0.1, 0.15) is 0 Å². The van der Waals surface area contributed by atoms with Gasteiger partial charge in [0.25, 0.3) is 0 Å². The fraction of sp³-hybridized carbons (Fsp3) is 0.273. The third kappa shape index (κ3) is 5.23. The van der Waals surface area contributed by atoms with Crippen LogP contribution >= 0.6 is 11.8 Å². The average Bonchev–Trinajstić information content (AvgIpc) is 3.03. The van der Waals surface area contributed by atoms with Gasteiger partial charge < -0.3 is 9.88 Å². The molecule has 27 heavy (non-hydrogen) atoms.